The summed E-state index contributed by atoms with van der Waals surface area (Å²) in [5, 5.41) is 10.4. The van der Waals surface area contributed by atoms with Gasteiger partial charge < -0.3 is 9.84 Å². The lowest BCUT2D eigenvalue weighted by atomic mass is 10.1. The van der Waals surface area contributed by atoms with Crippen molar-refractivity contribution in [3.63, 3.8) is 0 Å². The standard InChI is InChI=1S/C12H21NO4/c1-17-11(14)9-7-5-3-2-4-6-8-10-13-12(15)16/h8,10,13H,2-7,9H2,1H3,(H,15,16)/b10-8+. The van der Waals surface area contributed by atoms with E-state index >= 15 is 0 Å². The first-order chi connectivity index (χ1) is 8.16. The number of carbonyl (C=O) groups excluding carboxylic acids is 1. The van der Waals surface area contributed by atoms with Crippen LogP contribution in [0, 0.1) is 0 Å². The Hall–Kier alpha value is -1.52. The van der Waals surface area contributed by atoms with Crippen LogP contribution in [0.2, 0.25) is 0 Å². The van der Waals surface area contributed by atoms with Crippen molar-refractivity contribution >= 4 is 12.1 Å². The molecule has 0 aromatic rings. The number of hydrogen-bond acceptors (Lipinski definition) is 3. The minimum Gasteiger partial charge on any atom is -0.469 e. The molecule has 0 rings (SSSR count). The van der Waals surface area contributed by atoms with E-state index < -0.39 is 6.09 Å². The van der Waals surface area contributed by atoms with Crippen LogP contribution in [-0.2, 0) is 9.53 Å². The van der Waals surface area contributed by atoms with Gasteiger partial charge in [-0.05, 0) is 19.3 Å². The van der Waals surface area contributed by atoms with Crippen LogP contribution in [0.4, 0.5) is 4.79 Å². The summed E-state index contributed by atoms with van der Waals surface area (Å²) in [6, 6.07) is 0. The summed E-state index contributed by atoms with van der Waals surface area (Å²) in [7, 11) is 1.40. The third kappa shape index (κ3) is 12.4. The van der Waals surface area contributed by atoms with Crippen LogP contribution in [-0.4, -0.2) is 24.3 Å². The summed E-state index contributed by atoms with van der Waals surface area (Å²) in [6.45, 7) is 0. The Kier molecular flexibility index (Phi) is 10.00. The smallest absolute Gasteiger partial charge is 0.408 e. The molecule has 0 saturated carbocycles. The maximum Gasteiger partial charge on any atom is 0.408 e. The summed E-state index contributed by atoms with van der Waals surface area (Å²) in [5.41, 5.74) is 0. The van der Waals surface area contributed by atoms with Crippen LogP contribution in [0.3, 0.4) is 0 Å². The number of nitrogens with one attached hydrogen (secondary N) is 1. The molecule has 0 heterocycles. The molecule has 0 aliphatic carbocycles. The molecule has 0 unspecified atom stereocenters. The molecule has 0 saturated heterocycles. The molecule has 0 atom stereocenters. The molecule has 98 valence electrons. The number of rotatable bonds is 9. The molecule has 0 bridgehead atoms. The minimum atomic E-state index is -1.04. The lowest BCUT2D eigenvalue weighted by Gasteiger charge is -2.00. The van der Waals surface area contributed by atoms with Crippen LogP contribution in [0.15, 0.2) is 12.3 Å². The Morgan fingerprint density at radius 3 is 2.47 bits per heavy atom. The number of ether oxygens (including phenoxy) is 1. The van der Waals surface area contributed by atoms with E-state index in [9.17, 15) is 9.59 Å². The summed E-state index contributed by atoms with van der Waals surface area (Å²) in [4.78, 5) is 20.9. The second-order valence-electron chi connectivity index (χ2n) is 3.73. The van der Waals surface area contributed by atoms with Gasteiger partial charge in [-0.1, -0.05) is 25.3 Å². The van der Waals surface area contributed by atoms with Crippen LogP contribution in [0.5, 0.6) is 0 Å². The molecule has 0 fully saturated rings. The molecule has 1 amide bonds. The molecule has 0 aliphatic rings. The molecule has 5 nitrogen and oxygen atoms in total. The average Bonchev–Trinajstić information content (AvgIpc) is 2.30. The van der Waals surface area contributed by atoms with E-state index in [0.29, 0.717) is 6.42 Å². The molecule has 0 aromatic carbocycles. The summed E-state index contributed by atoms with van der Waals surface area (Å²) in [6.07, 6.45) is 8.73. The summed E-state index contributed by atoms with van der Waals surface area (Å²) >= 11 is 0. The molecular formula is C12H21NO4. The van der Waals surface area contributed by atoms with Gasteiger partial charge in [0, 0.05) is 12.6 Å². The maximum atomic E-state index is 10.8. The molecule has 2 N–H and O–H groups in total. The van der Waals surface area contributed by atoms with Gasteiger partial charge in [0.25, 0.3) is 0 Å². The van der Waals surface area contributed by atoms with Crippen molar-refractivity contribution < 1.29 is 19.4 Å². The van der Waals surface area contributed by atoms with Crippen LogP contribution in [0.25, 0.3) is 0 Å². The van der Waals surface area contributed by atoms with Crippen molar-refractivity contribution in [2.24, 2.45) is 0 Å². The number of unbranched alkanes of at least 4 members (excludes halogenated alkanes) is 5. The van der Waals surface area contributed by atoms with Crippen LogP contribution < -0.4 is 5.32 Å². The molecule has 0 aromatic heterocycles. The molecule has 5 heteroatoms. The van der Waals surface area contributed by atoms with Crippen LogP contribution >= 0.6 is 0 Å². The molecule has 0 spiro atoms. The van der Waals surface area contributed by atoms with E-state index in [-0.39, 0.29) is 5.97 Å². The van der Waals surface area contributed by atoms with Gasteiger partial charge in [0.15, 0.2) is 0 Å². The number of carboxylic acid groups (broad SMARTS) is 1. The second-order valence-corrected chi connectivity index (χ2v) is 3.73. The largest absolute Gasteiger partial charge is 0.469 e. The Bertz CT molecular complexity index is 251. The number of methoxy groups -OCH3 is 1. The highest BCUT2D eigenvalue weighted by Crippen LogP contribution is 2.07. The first-order valence-corrected chi connectivity index (χ1v) is 5.88. The van der Waals surface area contributed by atoms with E-state index in [0.717, 1.165) is 38.5 Å². The van der Waals surface area contributed by atoms with Crippen LogP contribution in [0.1, 0.15) is 44.9 Å². The first kappa shape index (κ1) is 15.5. The van der Waals surface area contributed by atoms with Crippen molar-refractivity contribution in [1.82, 2.24) is 5.32 Å². The lowest BCUT2D eigenvalue weighted by molar-refractivity contribution is -0.140. The molecular weight excluding hydrogens is 222 g/mol. The normalized spacial score (nSPS) is 10.4. The highest BCUT2D eigenvalue weighted by atomic mass is 16.5. The lowest BCUT2D eigenvalue weighted by Crippen LogP contribution is -2.12. The van der Waals surface area contributed by atoms with Crippen molar-refractivity contribution in [2.75, 3.05) is 7.11 Å². The summed E-state index contributed by atoms with van der Waals surface area (Å²) < 4.78 is 4.54. The zero-order valence-electron chi connectivity index (χ0n) is 10.3. The van der Waals surface area contributed by atoms with E-state index in [1.807, 2.05) is 6.08 Å². The average molecular weight is 243 g/mol. The highest BCUT2D eigenvalue weighted by molar-refractivity contribution is 5.68. The van der Waals surface area contributed by atoms with E-state index in [4.69, 9.17) is 5.11 Å². The number of hydrogen-bond donors (Lipinski definition) is 2. The van der Waals surface area contributed by atoms with Gasteiger partial charge in [0.05, 0.1) is 7.11 Å². The van der Waals surface area contributed by atoms with E-state index in [2.05, 4.69) is 10.1 Å². The Labute approximate surface area is 102 Å². The topological polar surface area (TPSA) is 75.6 Å². The molecule has 0 aliphatic heterocycles. The highest BCUT2D eigenvalue weighted by Gasteiger charge is 1.98. The Morgan fingerprint density at radius 2 is 1.82 bits per heavy atom. The van der Waals surface area contributed by atoms with Gasteiger partial charge >= 0.3 is 12.1 Å². The molecule has 0 radical (unpaired) electrons. The van der Waals surface area contributed by atoms with Gasteiger partial charge in [0.1, 0.15) is 0 Å². The van der Waals surface area contributed by atoms with Gasteiger partial charge in [-0.15, -0.1) is 0 Å². The monoisotopic (exact) mass is 243 g/mol. The SMILES string of the molecule is COC(=O)CCCCCCC/C=C/NC(=O)O. The van der Waals surface area contributed by atoms with Gasteiger partial charge in [-0.25, -0.2) is 4.79 Å². The van der Waals surface area contributed by atoms with E-state index in [1.165, 1.54) is 13.3 Å². The van der Waals surface area contributed by atoms with Crippen molar-refractivity contribution in [3.05, 3.63) is 12.3 Å². The first-order valence-electron chi connectivity index (χ1n) is 5.88. The third-order valence-electron chi connectivity index (χ3n) is 2.30. The molecule has 17 heavy (non-hydrogen) atoms. The predicted octanol–water partition coefficient (Wildman–Crippen LogP) is 2.67. The van der Waals surface area contributed by atoms with Crippen molar-refractivity contribution in [2.45, 2.75) is 44.9 Å². The number of allylic oxidation sites excluding steroid dienone is 1. The van der Waals surface area contributed by atoms with Gasteiger partial charge in [0.2, 0.25) is 0 Å². The Morgan fingerprint density at radius 1 is 1.18 bits per heavy atom. The summed E-state index contributed by atoms with van der Waals surface area (Å²) in [5.74, 6) is -0.146. The zero-order valence-corrected chi connectivity index (χ0v) is 10.3. The predicted molar refractivity (Wildman–Crippen MR) is 64.6 cm³/mol. The fourth-order valence-electron chi connectivity index (χ4n) is 1.38. The van der Waals surface area contributed by atoms with Crippen molar-refractivity contribution in [1.29, 1.82) is 0 Å². The number of carbonyl (C=O) groups is 2. The fraction of sp³-hybridized carbons (Fsp3) is 0.667. The van der Waals surface area contributed by atoms with E-state index in [1.54, 1.807) is 0 Å². The third-order valence-corrected chi connectivity index (χ3v) is 2.30. The fourth-order valence-corrected chi connectivity index (χ4v) is 1.38. The van der Waals surface area contributed by atoms with Gasteiger partial charge in [-0.3, -0.25) is 10.1 Å². The number of amides is 1. The maximum absolute atomic E-state index is 10.8. The van der Waals surface area contributed by atoms with Crippen molar-refractivity contribution in [3.8, 4) is 0 Å². The zero-order chi connectivity index (χ0) is 12.9. The second kappa shape index (κ2) is 11.0. The quantitative estimate of drug-likeness (QED) is 0.482. The minimum absolute atomic E-state index is 0.146. The Balaban J connectivity index is 3.16. The van der Waals surface area contributed by atoms with Gasteiger partial charge in [-0.2, -0.15) is 0 Å². The number of esters is 1.